The van der Waals surface area contributed by atoms with E-state index in [2.05, 4.69) is 61.6 Å². The summed E-state index contributed by atoms with van der Waals surface area (Å²) < 4.78 is 0. The summed E-state index contributed by atoms with van der Waals surface area (Å²) in [5.41, 5.74) is 5.56. The SMILES string of the molecule is [C-]#[N+][C@@H]1C2=C(C[C@@H](Cl)[C@]1(C)C=C)C(C)(C)c1cccc3[nH]cc2c13. The van der Waals surface area contributed by atoms with Crippen molar-refractivity contribution in [2.45, 2.75) is 44.0 Å². The van der Waals surface area contributed by atoms with Gasteiger partial charge in [-0.3, -0.25) is 0 Å². The second-order valence-corrected chi connectivity index (χ2v) is 8.25. The summed E-state index contributed by atoms with van der Waals surface area (Å²) in [5, 5.41) is 1.14. The van der Waals surface area contributed by atoms with Crippen LogP contribution < -0.4 is 0 Å². The minimum absolute atomic E-state index is 0.119. The Morgan fingerprint density at radius 1 is 1.38 bits per heavy atom. The van der Waals surface area contributed by atoms with E-state index in [0.717, 1.165) is 11.9 Å². The highest BCUT2D eigenvalue weighted by Crippen LogP contribution is 2.57. The average molecular weight is 337 g/mol. The van der Waals surface area contributed by atoms with Crippen molar-refractivity contribution in [1.82, 2.24) is 4.98 Å². The van der Waals surface area contributed by atoms with Crippen molar-refractivity contribution in [3.05, 3.63) is 65.2 Å². The Kier molecular flexibility index (Phi) is 3.09. The van der Waals surface area contributed by atoms with Gasteiger partial charge in [-0.15, -0.1) is 18.2 Å². The molecule has 0 radical (unpaired) electrons. The summed E-state index contributed by atoms with van der Waals surface area (Å²) in [6, 6.07) is 6.12. The van der Waals surface area contributed by atoms with Gasteiger partial charge in [0.2, 0.25) is 0 Å². The molecule has 122 valence electrons. The van der Waals surface area contributed by atoms with Gasteiger partial charge in [0.05, 0.1) is 10.8 Å². The number of H-pyrrole nitrogens is 1. The summed E-state index contributed by atoms with van der Waals surface area (Å²) in [5.74, 6) is 0. The molecule has 0 fully saturated rings. The number of rotatable bonds is 1. The van der Waals surface area contributed by atoms with Crippen LogP contribution in [0.25, 0.3) is 21.3 Å². The molecule has 1 heterocycles. The maximum absolute atomic E-state index is 7.90. The van der Waals surface area contributed by atoms with E-state index in [0.29, 0.717) is 0 Å². The molecule has 0 spiro atoms. The van der Waals surface area contributed by atoms with E-state index in [1.165, 1.54) is 27.7 Å². The van der Waals surface area contributed by atoms with Gasteiger partial charge in [-0.2, -0.15) is 0 Å². The number of nitrogens with zero attached hydrogens (tertiary/aromatic N) is 1. The monoisotopic (exact) mass is 336 g/mol. The van der Waals surface area contributed by atoms with Crippen LogP contribution in [-0.4, -0.2) is 16.4 Å². The molecule has 24 heavy (non-hydrogen) atoms. The van der Waals surface area contributed by atoms with Crippen molar-refractivity contribution in [1.29, 1.82) is 0 Å². The molecule has 1 aromatic carbocycles. The predicted molar refractivity (Wildman–Crippen MR) is 101 cm³/mol. The number of aromatic nitrogens is 1. The van der Waals surface area contributed by atoms with Crippen molar-refractivity contribution < 1.29 is 0 Å². The highest BCUT2D eigenvalue weighted by atomic mass is 35.5. The number of fused-ring (bicyclic) bond motifs is 1. The number of allylic oxidation sites excluding steroid dienone is 1. The van der Waals surface area contributed by atoms with Crippen LogP contribution in [0, 0.1) is 12.0 Å². The zero-order valence-electron chi connectivity index (χ0n) is 14.3. The first kappa shape index (κ1) is 15.5. The van der Waals surface area contributed by atoms with Crippen LogP contribution in [-0.2, 0) is 5.41 Å². The van der Waals surface area contributed by atoms with Crippen molar-refractivity contribution in [2.75, 3.05) is 0 Å². The quantitative estimate of drug-likeness (QED) is 0.391. The molecule has 2 aliphatic rings. The normalized spacial score (nSPS) is 30.8. The Labute approximate surface area is 148 Å². The van der Waals surface area contributed by atoms with Gasteiger partial charge in [0, 0.05) is 33.7 Å². The molecular formula is C21H21ClN2. The Morgan fingerprint density at radius 2 is 2.12 bits per heavy atom. The third-order valence-electron chi connectivity index (χ3n) is 6.24. The summed E-state index contributed by atoms with van der Waals surface area (Å²) in [7, 11) is 0. The van der Waals surface area contributed by atoms with Crippen molar-refractivity contribution in [3.63, 3.8) is 0 Å². The highest BCUT2D eigenvalue weighted by Gasteiger charge is 2.54. The molecule has 0 saturated carbocycles. The van der Waals surface area contributed by atoms with Crippen LogP contribution in [0.4, 0.5) is 0 Å². The van der Waals surface area contributed by atoms with E-state index in [9.17, 15) is 0 Å². The Balaban J connectivity index is 2.12. The molecule has 2 nitrogen and oxygen atoms in total. The molecule has 4 rings (SSSR count). The van der Waals surface area contributed by atoms with Crippen molar-refractivity contribution in [2.24, 2.45) is 5.41 Å². The first-order chi connectivity index (χ1) is 11.4. The summed E-state index contributed by atoms with van der Waals surface area (Å²) >= 11 is 6.79. The Hall–Kier alpha value is -1.98. The van der Waals surface area contributed by atoms with Crippen LogP contribution in [0.15, 0.2) is 42.6 Å². The van der Waals surface area contributed by atoms with Crippen molar-refractivity contribution >= 4 is 28.1 Å². The van der Waals surface area contributed by atoms with Gasteiger partial charge in [0.15, 0.2) is 0 Å². The molecule has 0 amide bonds. The number of aromatic amines is 1. The van der Waals surface area contributed by atoms with Crippen LogP contribution in [0.3, 0.4) is 0 Å². The molecule has 1 N–H and O–H groups in total. The average Bonchev–Trinajstić information content (AvgIpc) is 2.99. The second-order valence-electron chi connectivity index (χ2n) is 7.72. The Morgan fingerprint density at radius 3 is 2.79 bits per heavy atom. The molecule has 0 aliphatic heterocycles. The minimum Gasteiger partial charge on any atom is -0.361 e. The molecule has 1 aromatic heterocycles. The van der Waals surface area contributed by atoms with Crippen molar-refractivity contribution in [3.8, 4) is 0 Å². The lowest BCUT2D eigenvalue weighted by Crippen LogP contribution is -2.45. The molecule has 0 bridgehead atoms. The second kappa shape index (κ2) is 4.77. The number of halogens is 1. The van der Waals surface area contributed by atoms with Gasteiger partial charge in [0.25, 0.3) is 6.04 Å². The van der Waals surface area contributed by atoms with Crippen LogP contribution >= 0.6 is 11.6 Å². The molecule has 2 aromatic rings. The first-order valence-corrected chi connectivity index (χ1v) is 8.78. The lowest BCUT2D eigenvalue weighted by Gasteiger charge is -2.45. The fraction of sp³-hybridized carbons (Fsp3) is 0.381. The van der Waals surface area contributed by atoms with E-state index in [4.69, 9.17) is 18.2 Å². The fourth-order valence-electron chi connectivity index (χ4n) is 4.58. The minimum atomic E-state index is -0.423. The zero-order valence-corrected chi connectivity index (χ0v) is 15.0. The molecule has 2 aliphatic carbocycles. The number of alkyl halides is 1. The topological polar surface area (TPSA) is 20.1 Å². The van der Waals surface area contributed by atoms with Gasteiger partial charge in [-0.05, 0) is 30.5 Å². The Bertz CT molecular complexity index is 940. The number of nitrogens with one attached hydrogen (secondary N) is 1. The summed E-state index contributed by atoms with van der Waals surface area (Å²) in [6.07, 6.45) is 4.74. The molecular weight excluding hydrogens is 316 g/mol. The van der Waals surface area contributed by atoms with Crippen LogP contribution in [0.5, 0.6) is 0 Å². The van der Waals surface area contributed by atoms with Crippen LogP contribution in [0.2, 0.25) is 0 Å². The lowest BCUT2D eigenvalue weighted by molar-refractivity contribution is 0.362. The molecule has 0 unspecified atom stereocenters. The number of benzene rings is 1. The zero-order chi connectivity index (χ0) is 17.3. The summed E-state index contributed by atoms with van der Waals surface area (Å²) in [6.45, 7) is 18.5. The van der Waals surface area contributed by atoms with E-state index in [1.807, 2.05) is 6.08 Å². The maximum atomic E-state index is 7.90. The maximum Gasteiger partial charge on any atom is 0.259 e. The number of hydrogen-bond acceptors (Lipinski definition) is 0. The van der Waals surface area contributed by atoms with E-state index >= 15 is 0 Å². The van der Waals surface area contributed by atoms with Gasteiger partial charge in [-0.25, -0.2) is 6.57 Å². The van der Waals surface area contributed by atoms with E-state index in [-0.39, 0.29) is 16.8 Å². The van der Waals surface area contributed by atoms with Gasteiger partial charge in [0.1, 0.15) is 0 Å². The van der Waals surface area contributed by atoms with Gasteiger partial charge >= 0.3 is 0 Å². The molecule has 3 atom stereocenters. The third-order valence-corrected chi connectivity index (χ3v) is 6.86. The lowest BCUT2D eigenvalue weighted by atomic mass is 9.59. The largest absolute Gasteiger partial charge is 0.361 e. The number of hydrogen-bond donors (Lipinski definition) is 1. The molecule has 0 saturated heterocycles. The smallest absolute Gasteiger partial charge is 0.259 e. The van der Waals surface area contributed by atoms with Gasteiger partial charge < -0.3 is 9.83 Å². The predicted octanol–water partition coefficient (Wildman–Crippen LogP) is 5.70. The standard InChI is InChI=1S/C21H21ClN2/c1-6-21(4)16(22)10-14-18(19(21)23-5)12-11-24-15-9-7-8-13(17(12)15)20(14,2)3/h6-9,11,16,19,24H,1,10H2,2-4H3/t16-,19-,21+/m1/s1. The third kappa shape index (κ3) is 1.66. The van der Waals surface area contributed by atoms with Crippen LogP contribution in [0.1, 0.15) is 38.3 Å². The molecule has 3 heteroatoms. The van der Waals surface area contributed by atoms with Gasteiger partial charge in [-0.1, -0.05) is 32.1 Å². The summed E-state index contributed by atoms with van der Waals surface area (Å²) in [4.78, 5) is 7.43. The van der Waals surface area contributed by atoms with E-state index < -0.39 is 5.41 Å². The van der Waals surface area contributed by atoms with E-state index in [1.54, 1.807) is 0 Å². The highest BCUT2D eigenvalue weighted by molar-refractivity contribution is 6.22. The fourth-order valence-corrected chi connectivity index (χ4v) is 4.94. The first-order valence-electron chi connectivity index (χ1n) is 8.35.